The van der Waals surface area contributed by atoms with Gasteiger partial charge in [-0.25, -0.2) is 0 Å². The lowest BCUT2D eigenvalue weighted by Gasteiger charge is -2.14. The number of methoxy groups -OCH3 is 3. The molecule has 0 aliphatic heterocycles. The Hall–Kier alpha value is -2.22. The number of aryl methyl sites for hydroxylation is 1. The SMILES string of the molecule is COc1ccc(/C=C/C(=O)c2cc(C)cc(I)c2O)c(OC)c1OC. The zero-order valence-electron chi connectivity index (χ0n) is 14.4. The Morgan fingerprint density at radius 3 is 2.36 bits per heavy atom. The van der Waals surface area contributed by atoms with Crippen LogP contribution in [-0.2, 0) is 0 Å². The third kappa shape index (κ3) is 4.07. The van der Waals surface area contributed by atoms with Crippen molar-refractivity contribution in [3.63, 3.8) is 0 Å². The maximum absolute atomic E-state index is 12.5. The van der Waals surface area contributed by atoms with E-state index in [0.29, 0.717) is 26.4 Å². The minimum Gasteiger partial charge on any atom is -0.506 e. The molecular formula is C19H19IO5. The van der Waals surface area contributed by atoms with E-state index in [1.165, 1.54) is 20.3 Å². The van der Waals surface area contributed by atoms with Crippen molar-refractivity contribution < 1.29 is 24.1 Å². The quantitative estimate of drug-likeness (QED) is 0.402. The third-order valence-corrected chi connectivity index (χ3v) is 4.44. The van der Waals surface area contributed by atoms with E-state index in [9.17, 15) is 9.90 Å². The summed E-state index contributed by atoms with van der Waals surface area (Å²) in [5.74, 6) is 1.14. The van der Waals surface area contributed by atoms with Crippen LogP contribution in [0.1, 0.15) is 21.5 Å². The first-order valence-electron chi connectivity index (χ1n) is 7.43. The monoisotopic (exact) mass is 454 g/mol. The van der Waals surface area contributed by atoms with Gasteiger partial charge in [-0.3, -0.25) is 4.79 Å². The molecule has 6 heteroatoms. The highest BCUT2D eigenvalue weighted by Crippen LogP contribution is 2.40. The Labute approximate surface area is 160 Å². The second kappa shape index (κ2) is 8.24. The highest BCUT2D eigenvalue weighted by Gasteiger charge is 2.16. The molecule has 1 N–H and O–H groups in total. The zero-order valence-corrected chi connectivity index (χ0v) is 16.6. The number of aromatic hydroxyl groups is 1. The second-order valence-electron chi connectivity index (χ2n) is 5.26. The molecule has 25 heavy (non-hydrogen) atoms. The van der Waals surface area contributed by atoms with E-state index in [1.807, 2.05) is 35.6 Å². The predicted molar refractivity (Wildman–Crippen MR) is 105 cm³/mol. The number of carbonyl (C=O) groups is 1. The van der Waals surface area contributed by atoms with Gasteiger partial charge in [-0.05, 0) is 71.5 Å². The smallest absolute Gasteiger partial charge is 0.203 e. The first-order valence-corrected chi connectivity index (χ1v) is 8.51. The van der Waals surface area contributed by atoms with Gasteiger partial charge in [0.15, 0.2) is 17.3 Å². The maximum Gasteiger partial charge on any atom is 0.203 e. The first kappa shape index (κ1) is 19.1. The molecule has 0 aromatic heterocycles. The van der Waals surface area contributed by atoms with Crippen LogP contribution in [0.3, 0.4) is 0 Å². The Bertz CT molecular complexity index is 827. The van der Waals surface area contributed by atoms with Crippen LogP contribution in [-0.4, -0.2) is 32.2 Å². The Balaban J connectivity index is 2.41. The van der Waals surface area contributed by atoms with E-state index in [1.54, 1.807) is 31.4 Å². The number of allylic oxidation sites excluding steroid dienone is 1. The van der Waals surface area contributed by atoms with Gasteiger partial charge in [0.1, 0.15) is 5.75 Å². The highest BCUT2D eigenvalue weighted by molar-refractivity contribution is 14.1. The summed E-state index contributed by atoms with van der Waals surface area (Å²) in [5.41, 5.74) is 1.83. The molecule has 0 fully saturated rings. The van der Waals surface area contributed by atoms with E-state index in [4.69, 9.17) is 14.2 Å². The van der Waals surface area contributed by atoms with Gasteiger partial charge >= 0.3 is 0 Å². The van der Waals surface area contributed by atoms with Gasteiger partial charge in [0.05, 0.1) is 30.5 Å². The molecule has 5 nitrogen and oxygen atoms in total. The highest BCUT2D eigenvalue weighted by atomic mass is 127. The second-order valence-corrected chi connectivity index (χ2v) is 6.43. The number of benzene rings is 2. The van der Waals surface area contributed by atoms with Crippen molar-refractivity contribution in [2.75, 3.05) is 21.3 Å². The topological polar surface area (TPSA) is 65.0 Å². The van der Waals surface area contributed by atoms with Crippen LogP contribution in [0.15, 0.2) is 30.3 Å². The molecule has 0 saturated heterocycles. The minimum absolute atomic E-state index is 0.0138. The van der Waals surface area contributed by atoms with Crippen LogP contribution in [0.2, 0.25) is 0 Å². The largest absolute Gasteiger partial charge is 0.506 e. The summed E-state index contributed by atoms with van der Waals surface area (Å²) < 4.78 is 16.6. The lowest BCUT2D eigenvalue weighted by molar-refractivity contribution is 0.104. The molecule has 0 saturated carbocycles. The molecule has 0 aliphatic carbocycles. The van der Waals surface area contributed by atoms with Crippen molar-refractivity contribution in [1.29, 1.82) is 0 Å². The molecule has 2 aromatic rings. The van der Waals surface area contributed by atoms with Crippen molar-refractivity contribution in [2.24, 2.45) is 0 Å². The number of ketones is 1. The molecule has 0 spiro atoms. The third-order valence-electron chi connectivity index (χ3n) is 3.62. The van der Waals surface area contributed by atoms with Crippen LogP contribution < -0.4 is 14.2 Å². The number of carbonyl (C=O) groups excluding carboxylic acids is 1. The van der Waals surface area contributed by atoms with Crippen LogP contribution in [0.5, 0.6) is 23.0 Å². The molecular weight excluding hydrogens is 435 g/mol. The Morgan fingerprint density at radius 1 is 1.08 bits per heavy atom. The molecule has 0 amide bonds. The molecule has 0 heterocycles. The molecule has 2 aromatic carbocycles. The maximum atomic E-state index is 12.5. The lowest BCUT2D eigenvalue weighted by atomic mass is 10.0. The summed E-state index contributed by atoms with van der Waals surface area (Å²) in [5, 5.41) is 10.1. The number of hydrogen-bond acceptors (Lipinski definition) is 5. The minimum atomic E-state index is -0.295. The number of phenols is 1. The molecule has 0 radical (unpaired) electrons. The van der Waals surface area contributed by atoms with Crippen LogP contribution in [0.25, 0.3) is 6.08 Å². The van der Waals surface area contributed by atoms with E-state index in [-0.39, 0.29) is 17.1 Å². The van der Waals surface area contributed by atoms with Crippen molar-refractivity contribution >= 4 is 34.5 Å². The summed E-state index contributed by atoms with van der Waals surface area (Å²) >= 11 is 2.00. The van der Waals surface area contributed by atoms with Crippen LogP contribution in [0, 0.1) is 10.5 Å². The molecule has 0 aliphatic rings. The number of hydrogen-bond donors (Lipinski definition) is 1. The summed E-state index contributed by atoms with van der Waals surface area (Å²) in [6, 6.07) is 6.98. The lowest BCUT2D eigenvalue weighted by Crippen LogP contribution is -1.99. The summed E-state index contributed by atoms with van der Waals surface area (Å²) in [6.45, 7) is 1.87. The molecule has 0 atom stereocenters. The average molecular weight is 454 g/mol. The summed E-state index contributed by atoms with van der Waals surface area (Å²) in [6.07, 6.45) is 3.02. The first-order chi connectivity index (χ1) is 11.9. The van der Waals surface area contributed by atoms with Gasteiger partial charge in [0.25, 0.3) is 0 Å². The van der Waals surface area contributed by atoms with Gasteiger partial charge in [-0.2, -0.15) is 0 Å². The van der Waals surface area contributed by atoms with Crippen LogP contribution in [0.4, 0.5) is 0 Å². The number of ether oxygens (including phenoxy) is 3. The van der Waals surface area contributed by atoms with E-state index >= 15 is 0 Å². The fourth-order valence-electron chi connectivity index (χ4n) is 2.43. The summed E-state index contributed by atoms with van der Waals surface area (Å²) in [4.78, 5) is 12.5. The Kier molecular flexibility index (Phi) is 6.30. The van der Waals surface area contributed by atoms with Crippen molar-refractivity contribution in [1.82, 2.24) is 0 Å². The van der Waals surface area contributed by atoms with Crippen molar-refractivity contribution in [2.45, 2.75) is 6.92 Å². The number of rotatable bonds is 6. The van der Waals surface area contributed by atoms with Gasteiger partial charge in [0.2, 0.25) is 5.75 Å². The molecule has 0 bridgehead atoms. The van der Waals surface area contributed by atoms with Gasteiger partial charge in [-0.1, -0.05) is 0 Å². The predicted octanol–water partition coefficient (Wildman–Crippen LogP) is 4.23. The Morgan fingerprint density at radius 2 is 1.76 bits per heavy atom. The van der Waals surface area contributed by atoms with Crippen molar-refractivity contribution in [3.8, 4) is 23.0 Å². The van der Waals surface area contributed by atoms with E-state index in [0.717, 1.165) is 5.56 Å². The molecule has 0 unspecified atom stereocenters. The van der Waals surface area contributed by atoms with Crippen LogP contribution >= 0.6 is 22.6 Å². The zero-order chi connectivity index (χ0) is 18.6. The standard InChI is InChI=1S/C19H19IO5/c1-11-9-13(17(22)14(20)10-11)15(21)7-5-12-6-8-16(23-2)19(25-4)18(12)24-3/h5-10,22H,1-4H3/b7-5+. The van der Waals surface area contributed by atoms with Crippen molar-refractivity contribution in [3.05, 3.63) is 50.6 Å². The van der Waals surface area contributed by atoms with Gasteiger partial charge < -0.3 is 19.3 Å². The number of phenolic OH excluding ortho intramolecular Hbond substituents is 1. The fourth-order valence-corrected chi connectivity index (χ4v) is 3.22. The number of halogens is 1. The van der Waals surface area contributed by atoms with Gasteiger partial charge in [0, 0.05) is 5.56 Å². The average Bonchev–Trinajstić information content (AvgIpc) is 2.61. The van der Waals surface area contributed by atoms with Gasteiger partial charge in [-0.15, -0.1) is 0 Å². The summed E-state index contributed by atoms with van der Waals surface area (Å²) in [7, 11) is 4.58. The van der Waals surface area contributed by atoms with E-state index < -0.39 is 0 Å². The normalized spacial score (nSPS) is 10.8. The molecule has 132 valence electrons. The van der Waals surface area contributed by atoms with E-state index in [2.05, 4.69) is 0 Å². The molecule has 2 rings (SSSR count). The fraction of sp³-hybridized carbons (Fsp3) is 0.211.